The highest BCUT2D eigenvalue weighted by molar-refractivity contribution is 5.94. The Kier molecular flexibility index (Phi) is 5.59. The van der Waals surface area contributed by atoms with Gasteiger partial charge in [-0.05, 0) is 38.0 Å². The molecule has 1 saturated heterocycles. The summed E-state index contributed by atoms with van der Waals surface area (Å²) in [4.78, 5) is 38.1. The van der Waals surface area contributed by atoms with Crippen molar-refractivity contribution in [2.24, 2.45) is 5.92 Å². The Morgan fingerprint density at radius 3 is 2.62 bits per heavy atom. The van der Waals surface area contributed by atoms with E-state index in [0.717, 1.165) is 25.7 Å². The number of nitrogens with zero attached hydrogens (tertiary/aromatic N) is 1. The molecular formula is C20H25NO5. The number of benzene rings is 1. The number of esters is 1. The first-order valence-electron chi connectivity index (χ1n) is 9.13. The maximum Gasteiger partial charge on any atom is 0.311 e. The summed E-state index contributed by atoms with van der Waals surface area (Å²) in [7, 11) is 1.53. The molecule has 3 rings (SSSR count). The van der Waals surface area contributed by atoms with E-state index >= 15 is 0 Å². The van der Waals surface area contributed by atoms with Gasteiger partial charge in [0.05, 0.1) is 13.0 Å². The first-order chi connectivity index (χ1) is 12.5. The zero-order chi connectivity index (χ0) is 18.7. The molecule has 1 aromatic rings. The van der Waals surface area contributed by atoms with Crippen LogP contribution in [-0.2, 0) is 20.9 Å². The van der Waals surface area contributed by atoms with Crippen molar-refractivity contribution in [1.82, 2.24) is 4.90 Å². The highest BCUT2D eigenvalue weighted by atomic mass is 16.5. The van der Waals surface area contributed by atoms with Crippen molar-refractivity contribution in [2.75, 3.05) is 13.7 Å². The van der Waals surface area contributed by atoms with Gasteiger partial charge in [0.2, 0.25) is 5.91 Å². The summed E-state index contributed by atoms with van der Waals surface area (Å²) in [5, 5.41) is 0. The smallest absolute Gasteiger partial charge is 0.311 e. The Labute approximate surface area is 153 Å². The molecule has 1 atom stereocenters. The van der Waals surface area contributed by atoms with Gasteiger partial charge in [-0.15, -0.1) is 0 Å². The normalized spacial score (nSPS) is 20.5. The van der Waals surface area contributed by atoms with Crippen LogP contribution in [0.4, 0.5) is 0 Å². The molecule has 0 radical (unpaired) electrons. The molecule has 1 amide bonds. The number of hydrogen-bond donors (Lipinski definition) is 0. The maximum atomic E-state index is 12.4. The average Bonchev–Trinajstić information content (AvgIpc) is 3.28. The SMILES string of the molecule is COc1ccc(C(C)=O)cc1COC(=O)[C@@H]1CC(=O)N(C2CCCC2)C1. The van der Waals surface area contributed by atoms with E-state index in [1.54, 1.807) is 18.2 Å². The van der Waals surface area contributed by atoms with Crippen LogP contribution in [0.2, 0.25) is 0 Å². The Morgan fingerprint density at radius 2 is 1.96 bits per heavy atom. The fourth-order valence-electron chi connectivity index (χ4n) is 3.84. The summed E-state index contributed by atoms with van der Waals surface area (Å²) in [6.45, 7) is 1.96. The van der Waals surface area contributed by atoms with Gasteiger partial charge in [0.1, 0.15) is 12.4 Å². The molecule has 0 unspecified atom stereocenters. The minimum atomic E-state index is -0.412. The molecule has 1 aliphatic heterocycles. The lowest BCUT2D eigenvalue weighted by molar-refractivity contribution is -0.149. The number of ketones is 1. The van der Waals surface area contributed by atoms with Crippen molar-refractivity contribution in [3.05, 3.63) is 29.3 Å². The zero-order valence-corrected chi connectivity index (χ0v) is 15.3. The van der Waals surface area contributed by atoms with Crippen LogP contribution in [0.1, 0.15) is 54.9 Å². The highest BCUT2D eigenvalue weighted by Crippen LogP contribution is 2.30. The lowest BCUT2D eigenvalue weighted by Gasteiger charge is -2.23. The highest BCUT2D eigenvalue weighted by Gasteiger charge is 2.39. The van der Waals surface area contributed by atoms with Crippen LogP contribution >= 0.6 is 0 Å². The molecule has 26 heavy (non-hydrogen) atoms. The molecule has 6 heteroatoms. The lowest BCUT2D eigenvalue weighted by Crippen LogP contribution is -2.35. The van der Waals surface area contributed by atoms with E-state index < -0.39 is 5.92 Å². The van der Waals surface area contributed by atoms with E-state index in [-0.39, 0.29) is 36.7 Å². The van der Waals surface area contributed by atoms with E-state index in [0.29, 0.717) is 23.4 Å². The van der Waals surface area contributed by atoms with E-state index in [2.05, 4.69) is 0 Å². The standard InChI is InChI=1S/C20H25NO5/c1-13(22)14-7-8-18(25-2)16(9-14)12-26-20(24)15-10-19(23)21(11-15)17-5-3-4-6-17/h7-9,15,17H,3-6,10-12H2,1-2H3/t15-/m1/s1. The van der Waals surface area contributed by atoms with Crippen molar-refractivity contribution in [1.29, 1.82) is 0 Å². The first kappa shape index (κ1) is 18.4. The Balaban J connectivity index is 1.61. The van der Waals surface area contributed by atoms with E-state index in [1.165, 1.54) is 14.0 Å². The second kappa shape index (κ2) is 7.89. The van der Waals surface area contributed by atoms with E-state index in [4.69, 9.17) is 9.47 Å². The number of carbonyl (C=O) groups is 3. The average molecular weight is 359 g/mol. The number of ether oxygens (including phenoxy) is 2. The third-order valence-corrected chi connectivity index (χ3v) is 5.31. The molecule has 0 spiro atoms. The Morgan fingerprint density at radius 1 is 1.23 bits per heavy atom. The molecular weight excluding hydrogens is 334 g/mol. The van der Waals surface area contributed by atoms with Crippen molar-refractivity contribution < 1.29 is 23.9 Å². The van der Waals surface area contributed by atoms with E-state index in [9.17, 15) is 14.4 Å². The van der Waals surface area contributed by atoms with Crippen LogP contribution in [-0.4, -0.2) is 42.3 Å². The van der Waals surface area contributed by atoms with E-state index in [1.807, 2.05) is 4.90 Å². The van der Waals surface area contributed by atoms with Gasteiger partial charge >= 0.3 is 5.97 Å². The molecule has 1 aromatic carbocycles. The molecule has 1 aliphatic carbocycles. The fourth-order valence-corrected chi connectivity index (χ4v) is 3.84. The second-order valence-electron chi connectivity index (χ2n) is 7.08. The van der Waals surface area contributed by atoms with Gasteiger partial charge in [-0.3, -0.25) is 14.4 Å². The lowest BCUT2D eigenvalue weighted by atomic mass is 10.1. The van der Waals surface area contributed by atoms with Gasteiger partial charge in [0, 0.05) is 30.1 Å². The summed E-state index contributed by atoms with van der Waals surface area (Å²) >= 11 is 0. The number of carbonyl (C=O) groups excluding carboxylic acids is 3. The van der Waals surface area contributed by atoms with Gasteiger partial charge < -0.3 is 14.4 Å². The minimum Gasteiger partial charge on any atom is -0.496 e. The maximum absolute atomic E-state index is 12.4. The number of rotatable bonds is 6. The molecule has 140 valence electrons. The quantitative estimate of drug-likeness (QED) is 0.577. The number of Topliss-reactive ketones (excluding diaryl/α,β-unsaturated/α-hetero) is 1. The summed E-state index contributed by atoms with van der Waals surface area (Å²) < 4.78 is 10.7. The molecule has 6 nitrogen and oxygen atoms in total. The van der Waals surface area contributed by atoms with Crippen molar-refractivity contribution in [3.63, 3.8) is 0 Å². The summed E-state index contributed by atoms with van der Waals surface area (Å²) in [6, 6.07) is 5.34. The largest absolute Gasteiger partial charge is 0.496 e. The Hall–Kier alpha value is -2.37. The van der Waals surface area contributed by atoms with Crippen LogP contribution in [0.15, 0.2) is 18.2 Å². The second-order valence-corrected chi connectivity index (χ2v) is 7.08. The predicted molar refractivity (Wildman–Crippen MR) is 94.9 cm³/mol. The van der Waals surface area contributed by atoms with Gasteiger partial charge in [0.15, 0.2) is 5.78 Å². The third kappa shape index (κ3) is 3.89. The number of amides is 1. The number of methoxy groups -OCH3 is 1. The number of likely N-dealkylation sites (tertiary alicyclic amines) is 1. The van der Waals surface area contributed by atoms with Crippen LogP contribution in [0.3, 0.4) is 0 Å². The van der Waals surface area contributed by atoms with Gasteiger partial charge in [-0.1, -0.05) is 12.8 Å². The molecule has 2 fully saturated rings. The molecule has 1 heterocycles. The fraction of sp³-hybridized carbons (Fsp3) is 0.550. The van der Waals surface area contributed by atoms with Crippen molar-refractivity contribution >= 4 is 17.7 Å². The molecule has 2 aliphatic rings. The molecule has 0 bridgehead atoms. The summed E-state index contributed by atoms with van der Waals surface area (Å²) in [5.41, 5.74) is 1.19. The summed E-state index contributed by atoms with van der Waals surface area (Å²) in [5.74, 6) is -0.221. The summed E-state index contributed by atoms with van der Waals surface area (Å²) in [6.07, 6.45) is 4.58. The van der Waals surface area contributed by atoms with Gasteiger partial charge in [-0.2, -0.15) is 0 Å². The van der Waals surface area contributed by atoms with Crippen LogP contribution in [0.25, 0.3) is 0 Å². The minimum absolute atomic E-state index is 0.0250. The predicted octanol–water partition coefficient (Wildman–Crippen LogP) is 2.73. The van der Waals surface area contributed by atoms with Crippen molar-refractivity contribution in [2.45, 2.75) is 51.7 Å². The van der Waals surface area contributed by atoms with Crippen molar-refractivity contribution in [3.8, 4) is 5.75 Å². The van der Waals surface area contributed by atoms with Gasteiger partial charge in [0.25, 0.3) is 0 Å². The van der Waals surface area contributed by atoms with Crippen LogP contribution in [0.5, 0.6) is 5.75 Å². The van der Waals surface area contributed by atoms with Crippen LogP contribution in [0, 0.1) is 5.92 Å². The topological polar surface area (TPSA) is 72.9 Å². The number of hydrogen-bond acceptors (Lipinski definition) is 5. The molecule has 0 N–H and O–H groups in total. The Bertz CT molecular complexity index is 708. The first-order valence-corrected chi connectivity index (χ1v) is 9.13. The third-order valence-electron chi connectivity index (χ3n) is 5.31. The van der Waals surface area contributed by atoms with Gasteiger partial charge in [-0.25, -0.2) is 0 Å². The monoisotopic (exact) mass is 359 g/mol. The molecule has 1 saturated carbocycles. The molecule has 0 aromatic heterocycles. The zero-order valence-electron chi connectivity index (χ0n) is 15.3. The van der Waals surface area contributed by atoms with Crippen LogP contribution < -0.4 is 4.74 Å².